The third-order valence-corrected chi connectivity index (χ3v) is 10.4. The standard InChI is InChI=1S/C24H33N3O5S/c1-2-11-33(30,31)26-18-7-8-24(29)19-12-16-5-6-17(25-14-28)21-20(16)23(24,22(18)32-21)9-10-27(19)13-15-3-4-15/h5-6,14-15,18-19,22,26,29H,2-4,7-13H2,1H3,(H,25,28)/t18?,19-,22?,23+,24-/m1/s1. The number of hydrogen-bond donors (Lipinski definition) is 3. The summed E-state index contributed by atoms with van der Waals surface area (Å²) in [7, 11) is -3.45. The predicted molar refractivity (Wildman–Crippen MR) is 124 cm³/mol. The van der Waals surface area contributed by atoms with Crippen LogP contribution < -0.4 is 14.8 Å². The smallest absolute Gasteiger partial charge is 0.211 e. The third-order valence-electron chi connectivity index (χ3n) is 8.80. The molecule has 2 aliphatic heterocycles. The van der Waals surface area contributed by atoms with E-state index in [2.05, 4.69) is 21.0 Å². The highest BCUT2D eigenvalue weighted by Crippen LogP contribution is 2.65. The van der Waals surface area contributed by atoms with Crippen molar-refractivity contribution in [1.29, 1.82) is 0 Å². The molecule has 2 saturated carbocycles. The molecule has 1 aromatic rings. The molecular formula is C24H33N3O5S. The Morgan fingerprint density at radius 2 is 2.09 bits per heavy atom. The van der Waals surface area contributed by atoms with Gasteiger partial charge >= 0.3 is 0 Å². The van der Waals surface area contributed by atoms with Crippen molar-refractivity contribution in [3.8, 4) is 5.75 Å². The van der Waals surface area contributed by atoms with E-state index < -0.39 is 33.2 Å². The van der Waals surface area contributed by atoms with E-state index in [0.717, 1.165) is 36.6 Å². The number of nitrogens with one attached hydrogen (secondary N) is 2. The first-order valence-corrected chi connectivity index (χ1v) is 14.0. The highest BCUT2D eigenvalue weighted by atomic mass is 32.2. The van der Waals surface area contributed by atoms with Gasteiger partial charge in [0.05, 0.1) is 28.5 Å². The maximum atomic E-state index is 12.7. The topological polar surface area (TPSA) is 108 Å². The summed E-state index contributed by atoms with van der Waals surface area (Å²) in [6.07, 6.45) is 5.73. The molecule has 1 spiro atoms. The van der Waals surface area contributed by atoms with Crippen molar-refractivity contribution in [3.05, 3.63) is 23.3 Å². The quantitative estimate of drug-likeness (QED) is 0.492. The molecule has 2 bridgehead atoms. The van der Waals surface area contributed by atoms with E-state index in [-0.39, 0.29) is 11.8 Å². The van der Waals surface area contributed by atoms with Gasteiger partial charge in [0.15, 0.2) is 0 Å². The van der Waals surface area contributed by atoms with Crippen LogP contribution in [0.3, 0.4) is 0 Å². The number of carbonyl (C=O) groups excluding carboxylic acids is 1. The molecule has 33 heavy (non-hydrogen) atoms. The molecule has 180 valence electrons. The van der Waals surface area contributed by atoms with Crippen molar-refractivity contribution in [2.75, 3.05) is 24.2 Å². The summed E-state index contributed by atoms with van der Waals surface area (Å²) in [6, 6.07) is 3.50. The van der Waals surface area contributed by atoms with Crippen molar-refractivity contribution in [2.24, 2.45) is 5.92 Å². The zero-order valence-electron chi connectivity index (χ0n) is 19.0. The first-order valence-electron chi connectivity index (χ1n) is 12.3. The fourth-order valence-electron chi connectivity index (χ4n) is 7.35. The van der Waals surface area contributed by atoms with Gasteiger partial charge in [0.1, 0.15) is 11.9 Å². The van der Waals surface area contributed by atoms with Crippen LogP contribution in [0, 0.1) is 5.92 Å². The Hall–Kier alpha value is -1.68. The van der Waals surface area contributed by atoms with Gasteiger partial charge in [-0.3, -0.25) is 9.69 Å². The second-order valence-corrected chi connectivity index (χ2v) is 12.5. The van der Waals surface area contributed by atoms with E-state index in [0.29, 0.717) is 43.5 Å². The van der Waals surface area contributed by atoms with Gasteiger partial charge in [0.2, 0.25) is 16.4 Å². The van der Waals surface area contributed by atoms with Gasteiger partial charge in [0, 0.05) is 18.2 Å². The molecule has 3 aliphatic carbocycles. The Kier molecular flexibility index (Phi) is 4.90. The van der Waals surface area contributed by atoms with Crippen LogP contribution in [0.1, 0.15) is 56.6 Å². The molecule has 9 heteroatoms. The van der Waals surface area contributed by atoms with Crippen molar-refractivity contribution < 1.29 is 23.1 Å². The number of ether oxygens (including phenoxy) is 1. The van der Waals surface area contributed by atoms with E-state index >= 15 is 0 Å². The molecule has 1 saturated heterocycles. The lowest BCUT2D eigenvalue weighted by molar-refractivity contribution is -0.190. The van der Waals surface area contributed by atoms with Gasteiger partial charge < -0.3 is 15.2 Å². The summed E-state index contributed by atoms with van der Waals surface area (Å²) in [5.41, 5.74) is 1.05. The van der Waals surface area contributed by atoms with E-state index in [1.807, 2.05) is 13.0 Å². The highest BCUT2D eigenvalue weighted by molar-refractivity contribution is 7.89. The molecule has 6 rings (SSSR count). The first-order chi connectivity index (χ1) is 15.8. The Morgan fingerprint density at radius 1 is 1.27 bits per heavy atom. The SMILES string of the molecule is CCCS(=O)(=O)NC1CC[C@@]2(O)[C@H]3Cc4ccc(NC=O)c5c4[C@@]2(CCN3CC2CC2)C1O5. The fourth-order valence-corrected chi connectivity index (χ4v) is 8.71. The van der Waals surface area contributed by atoms with Gasteiger partial charge in [-0.1, -0.05) is 13.0 Å². The summed E-state index contributed by atoms with van der Waals surface area (Å²) in [6.45, 7) is 3.74. The lowest BCUT2D eigenvalue weighted by Gasteiger charge is -2.64. The molecule has 1 amide bonds. The van der Waals surface area contributed by atoms with Crippen LogP contribution in [0.5, 0.6) is 5.75 Å². The summed E-state index contributed by atoms with van der Waals surface area (Å²) in [4.78, 5) is 13.8. The lowest BCUT2D eigenvalue weighted by atomic mass is 9.48. The van der Waals surface area contributed by atoms with E-state index in [9.17, 15) is 18.3 Å². The molecule has 3 fully saturated rings. The number of likely N-dealkylation sites (tertiary alicyclic amines) is 1. The van der Waals surface area contributed by atoms with Crippen LogP contribution in [0.2, 0.25) is 0 Å². The Morgan fingerprint density at radius 3 is 2.82 bits per heavy atom. The molecule has 1 aromatic carbocycles. The van der Waals surface area contributed by atoms with Crippen molar-refractivity contribution in [1.82, 2.24) is 9.62 Å². The maximum Gasteiger partial charge on any atom is 0.211 e. The number of aliphatic hydroxyl groups is 1. The minimum absolute atomic E-state index is 0.00511. The van der Waals surface area contributed by atoms with Crippen LogP contribution in [0.15, 0.2) is 12.1 Å². The van der Waals surface area contributed by atoms with Gasteiger partial charge in [-0.25, -0.2) is 13.1 Å². The van der Waals surface area contributed by atoms with E-state index in [4.69, 9.17) is 4.74 Å². The number of benzene rings is 1. The molecule has 8 nitrogen and oxygen atoms in total. The fraction of sp³-hybridized carbons (Fsp3) is 0.708. The number of sulfonamides is 1. The van der Waals surface area contributed by atoms with Crippen molar-refractivity contribution in [2.45, 2.75) is 81.1 Å². The average Bonchev–Trinajstić information content (AvgIpc) is 3.50. The Labute approximate surface area is 195 Å². The van der Waals surface area contributed by atoms with Gasteiger partial charge in [0.25, 0.3) is 0 Å². The van der Waals surface area contributed by atoms with Gasteiger partial charge in [-0.05, 0) is 69.0 Å². The number of piperidine rings is 1. The molecule has 5 aliphatic rings. The van der Waals surface area contributed by atoms with Crippen molar-refractivity contribution >= 4 is 22.1 Å². The van der Waals surface area contributed by atoms with Crippen LogP contribution in [0.25, 0.3) is 0 Å². The lowest BCUT2D eigenvalue weighted by Crippen LogP contribution is -2.78. The number of rotatable bonds is 8. The molecule has 2 unspecified atom stereocenters. The van der Waals surface area contributed by atoms with Gasteiger partial charge in [-0.15, -0.1) is 0 Å². The van der Waals surface area contributed by atoms with Crippen LogP contribution in [0.4, 0.5) is 5.69 Å². The third kappa shape index (κ3) is 3.05. The Balaban J connectivity index is 1.47. The second-order valence-electron chi connectivity index (χ2n) is 10.7. The minimum atomic E-state index is -3.45. The molecule has 0 radical (unpaired) electrons. The first kappa shape index (κ1) is 21.8. The van der Waals surface area contributed by atoms with Crippen LogP contribution in [-0.2, 0) is 26.7 Å². The zero-order chi connectivity index (χ0) is 23.0. The van der Waals surface area contributed by atoms with Crippen molar-refractivity contribution in [3.63, 3.8) is 0 Å². The average molecular weight is 476 g/mol. The predicted octanol–water partition coefficient (Wildman–Crippen LogP) is 1.52. The largest absolute Gasteiger partial charge is 0.485 e. The molecule has 3 N–H and O–H groups in total. The number of carbonyl (C=O) groups is 1. The van der Waals surface area contributed by atoms with Gasteiger partial charge in [-0.2, -0.15) is 0 Å². The van der Waals surface area contributed by atoms with Crippen LogP contribution >= 0.6 is 0 Å². The number of nitrogens with zero attached hydrogens (tertiary/aromatic N) is 1. The monoisotopic (exact) mass is 475 g/mol. The number of hydrogen-bond acceptors (Lipinski definition) is 6. The number of amides is 1. The molecule has 0 aromatic heterocycles. The molecule has 2 heterocycles. The zero-order valence-corrected chi connectivity index (χ0v) is 19.9. The summed E-state index contributed by atoms with van der Waals surface area (Å²) in [5, 5.41) is 15.2. The normalized spacial score (nSPS) is 36.7. The maximum absolute atomic E-state index is 12.7. The summed E-state index contributed by atoms with van der Waals surface area (Å²) >= 11 is 0. The Bertz CT molecular complexity index is 1090. The molecule has 5 atom stereocenters. The minimum Gasteiger partial charge on any atom is -0.485 e. The molecular weight excluding hydrogens is 442 g/mol. The van der Waals surface area contributed by atoms with E-state index in [1.54, 1.807) is 0 Å². The number of anilines is 1. The van der Waals surface area contributed by atoms with Crippen LogP contribution in [-0.4, -0.2) is 67.5 Å². The van der Waals surface area contributed by atoms with E-state index in [1.165, 1.54) is 12.8 Å². The second kappa shape index (κ2) is 7.41. The summed E-state index contributed by atoms with van der Waals surface area (Å²) < 4.78 is 34.9. The summed E-state index contributed by atoms with van der Waals surface area (Å²) in [5.74, 6) is 1.41. The highest BCUT2D eigenvalue weighted by Gasteiger charge is 2.73.